The van der Waals surface area contributed by atoms with Crippen molar-refractivity contribution in [3.63, 3.8) is 0 Å². The summed E-state index contributed by atoms with van der Waals surface area (Å²) in [5, 5.41) is 1.17. The predicted octanol–water partition coefficient (Wildman–Crippen LogP) is 5.27. The lowest BCUT2D eigenvalue weighted by Gasteiger charge is -2.05. The first-order valence-corrected chi connectivity index (χ1v) is 7.99. The van der Waals surface area contributed by atoms with E-state index in [1.807, 2.05) is 26.0 Å². The van der Waals surface area contributed by atoms with Crippen LogP contribution in [0.5, 0.6) is 0 Å². The maximum atomic E-state index is 11.9. The second-order valence-electron chi connectivity index (χ2n) is 4.51. The Kier molecular flexibility index (Phi) is 5.25. The molecule has 3 nitrogen and oxygen atoms in total. The summed E-state index contributed by atoms with van der Waals surface area (Å²) in [7, 11) is 0. The van der Waals surface area contributed by atoms with E-state index in [4.69, 9.17) is 27.9 Å². The molecular weight excluding hydrogens is 329 g/mol. The minimum absolute atomic E-state index is 0.339. The zero-order valence-corrected chi connectivity index (χ0v) is 14.2. The molecule has 112 valence electrons. The number of aromatic nitrogens is 1. The number of nitrogens with one attached hydrogen (secondary N) is 1. The summed E-state index contributed by atoms with van der Waals surface area (Å²) in [6, 6.07) is 5.37. The SMILES string of the molecule is CCOC(=O)c1[nH]c(C)c(Sc2cc(Cl)cc(Cl)c2)c1C. The second-order valence-corrected chi connectivity index (χ2v) is 6.46. The van der Waals surface area contributed by atoms with Gasteiger partial charge in [0.1, 0.15) is 5.69 Å². The van der Waals surface area contributed by atoms with Gasteiger partial charge in [-0.15, -0.1) is 0 Å². The lowest BCUT2D eigenvalue weighted by atomic mass is 10.2. The summed E-state index contributed by atoms with van der Waals surface area (Å²) < 4.78 is 5.04. The Hall–Kier alpha value is -1.10. The minimum Gasteiger partial charge on any atom is -0.461 e. The number of H-pyrrole nitrogens is 1. The van der Waals surface area contributed by atoms with E-state index >= 15 is 0 Å². The molecule has 1 heterocycles. The Morgan fingerprint density at radius 1 is 1.24 bits per heavy atom. The minimum atomic E-state index is -0.339. The van der Waals surface area contributed by atoms with Crippen molar-refractivity contribution in [3.8, 4) is 0 Å². The lowest BCUT2D eigenvalue weighted by molar-refractivity contribution is 0.0519. The van der Waals surface area contributed by atoms with Gasteiger partial charge >= 0.3 is 5.97 Å². The highest BCUT2D eigenvalue weighted by Crippen LogP contribution is 2.37. The quantitative estimate of drug-likeness (QED) is 0.769. The van der Waals surface area contributed by atoms with Crippen LogP contribution in [0.15, 0.2) is 28.0 Å². The summed E-state index contributed by atoms with van der Waals surface area (Å²) in [6.07, 6.45) is 0. The van der Waals surface area contributed by atoms with Gasteiger partial charge in [-0.05, 0) is 44.5 Å². The number of carbonyl (C=O) groups excluding carboxylic acids is 1. The average molecular weight is 344 g/mol. The van der Waals surface area contributed by atoms with Crippen molar-refractivity contribution < 1.29 is 9.53 Å². The Bertz CT molecular complexity index is 662. The third-order valence-corrected chi connectivity index (χ3v) is 4.63. The predicted molar refractivity (Wildman–Crippen MR) is 86.8 cm³/mol. The van der Waals surface area contributed by atoms with Gasteiger partial charge in [0.05, 0.1) is 6.61 Å². The standard InChI is InChI=1S/C15H15Cl2NO2S/c1-4-20-15(19)13-8(2)14(9(3)18-13)21-12-6-10(16)5-11(17)7-12/h5-7,18H,4H2,1-3H3. The molecule has 0 fully saturated rings. The summed E-state index contributed by atoms with van der Waals surface area (Å²) >= 11 is 13.5. The summed E-state index contributed by atoms with van der Waals surface area (Å²) in [6.45, 7) is 5.95. The number of rotatable bonds is 4. The molecule has 0 bridgehead atoms. The van der Waals surface area contributed by atoms with Gasteiger partial charge in [0.2, 0.25) is 0 Å². The van der Waals surface area contributed by atoms with Crippen molar-refractivity contribution in [3.05, 3.63) is 45.2 Å². The van der Waals surface area contributed by atoms with Crippen LogP contribution in [-0.2, 0) is 4.74 Å². The largest absolute Gasteiger partial charge is 0.461 e. The number of benzene rings is 1. The molecule has 0 atom stereocenters. The highest BCUT2D eigenvalue weighted by atomic mass is 35.5. The molecule has 2 aromatic rings. The molecule has 0 unspecified atom stereocenters. The average Bonchev–Trinajstić information content (AvgIpc) is 2.66. The van der Waals surface area contributed by atoms with Gasteiger partial charge in [0.25, 0.3) is 0 Å². The molecule has 0 saturated carbocycles. The molecule has 1 N–H and O–H groups in total. The van der Waals surface area contributed by atoms with Crippen LogP contribution >= 0.6 is 35.0 Å². The molecule has 0 aliphatic rings. The van der Waals surface area contributed by atoms with Crippen molar-refractivity contribution >= 4 is 40.9 Å². The smallest absolute Gasteiger partial charge is 0.355 e. The van der Waals surface area contributed by atoms with Crippen LogP contribution in [0.4, 0.5) is 0 Å². The number of hydrogen-bond acceptors (Lipinski definition) is 3. The molecule has 2 rings (SSSR count). The Morgan fingerprint density at radius 2 is 1.86 bits per heavy atom. The van der Waals surface area contributed by atoms with Gasteiger partial charge in [0, 0.05) is 25.5 Å². The van der Waals surface area contributed by atoms with Crippen LogP contribution in [0.1, 0.15) is 28.7 Å². The molecule has 0 saturated heterocycles. The number of esters is 1. The van der Waals surface area contributed by atoms with Crippen molar-refractivity contribution in [1.29, 1.82) is 0 Å². The molecule has 0 aliphatic carbocycles. The van der Waals surface area contributed by atoms with Crippen LogP contribution in [0.25, 0.3) is 0 Å². The fourth-order valence-electron chi connectivity index (χ4n) is 2.00. The summed E-state index contributed by atoms with van der Waals surface area (Å²) in [4.78, 5) is 16.9. The zero-order valence-electron chi connectivity index (χ0n) is 11.9. The third-order valence-electron chi connectivity index (χ3n) is 2.90. The Labute approximate surface area is 138 Å². The van der Waals surface area contributed by atoms with Crippen molar-refractivity contribution in [2.75, 3.05) is 6.61 Å². The molecule has 21 heavy (non-hydrogen) atoms. The van der Waals surface area contributed by atoms with Crippen LogP contribution in [0, 0.1) is 13.8 Å². The topological polar surface area (TPSA) is 42.1 Å². The van der Waals surface area contributed by atoms with E-state index in [9.17, 15) is 4.79 Å². The fourth-order valence-corrected chi connectivity index (χ4v) is 3.72. The molecule has 0 radical (unpaired) electrons. The summed E-state index contributed by atoms with van der Waals surface area (Å²) in [5.74, 6) is -0.339. The van der Waals surface area contributed by atoms with E-state index in [2.05, 4.69) is 4.98 Å². The van der Waals surface area contributed by atoms with Crippen molar-refractivity contribution in [1.82, 2.24) is 4.98 Å². The Balaban J connectivity index is 2.34. The summed E-state index contributed by atoms with van der Waals surface area (Å²) in [5.41, 5.74) is 2.27. The van der Waals surface area contributed by atoms with E-state index in [0.29, 0.717) is 22.3 Å². The van der Waals surface area contributed by atoms with E-state index in [-0.39, 0.29) is 5.97 Å². The van der Waals surface area contributed by atoms with Crippen molar-refractivity contribution in [2.45, 2.75) is 30.6 Å². The first kappa shape index (κ1) is 16.3. The molecular formula is C15H15Cl2NO2S. The third kappa shape index (κ3) is 3.76. The number of hydrogen-bond donors (Lipinski definition) is 1. The van der Waals surface area contributed by atoms with Gasteiger partial charge in [-0.1, -0.05) is 35.0 Å². The number of halogens is 2. The monoisotopic (exact) mass is 343 g/mol. The van der Waals surface area contributed by atoms with Gasteiger partial charge in [-0.25, -0.2) is 4.79 Å². The normalized spacial score (nSPS) is 10.7. The lowest BCUT2D eigenvalue weighted by Crippen LogP contribution is -2.06. The van der Waals surface area contributed by atoms with E-state index in [1.165, 1.54) is 11.8 Å². The van der Waals surface area contributed by atoms with Gasteiger partial charge in [-0.3, -0.25) is 0 Å². The molecule has 6 heteroatoms. The Morgan fingerprint density at radius 3 is 2.43 bits per heavy atom. The molecule has 0 aliphatic heterocycles. The second kappa shape index (κ2) is 6.77. The fraction of sp³-hybridized carbons (Fsp3) is 0.267. The van der Waals surface area contributed by atoms with Crippen LogP contribution in [0.3, 0.4) is 0 Å². The van der Waals surface area contributed by atoms with Gasteiger partial charge in [-0.2, -0.15) is 0 Å². The highest BCUT2D eigenvalue weighted by Gasteiger charge is 2.19. The maximum Gasteiger partial charge on any atom is 0.355 e. The number of aryl methyl sites for hydroxylation is 1. The maximum absolute atomic E-state index is 11.9. The van der Waals surface area contributed by atoms with Crippen LogP contribution < -0.4 is 0 Å². The van der Waals surface area contributed by atoms with Gasteiger partial charge < -0.3 is 9.72 Å². The van der Waals surface area contributed by atoms with E-state index in [1.54, 1.807) is 13.0 Å². The zero-order chi connectivity index (χ0) is 15.6. The molecule has 0 spiro atoms. The molecule has 1 aromatic heterocycles. The van der Waals surface area contributed by atoms with E-state index in [0.717, 1.165) is 21.0 Å². The number of ether oxygens (including phenoxy) is 1. The highest BCUT2D eigenvalue weighted by molar-refractivity contribution is 7.99. The molecule has 1 aromatic carbocycles. The first-order chi connectivity index (χ1) is 9.92. The van der Waals surface area contributed by atoms with Crippen LogP contribution in [-0.4, -0.2) is 17.6 Å². The van der Waals surface area contributed by atoms with Crippen molar-refractivity contribution in [2.24, 2.45) is 0 Å². The molecule has 0 amide bonds. The first-order valence-electron chi connectivity index (χ1n) is 6.42. The van der Waals surface area contributed by atoms with E-state index < -0.39 is 0 Å². The number of aromatic amines is 1. The number of carbonyl (C=O) groups is 1. The van der Waals surface area contributed by atoms with Gasteiger partial charge in [0.15, 0.2) is 0 Å². The van der Waals surface area contributed by atoms with Crippen LogP contribution in [0.2, 0.25) is 10.0 Å².